The van der Waals surface area contributed by atoms with Gasteiger partial charge in [0.25, 0.3) is 5.91 Å². The van der Waals surface area contributed by atoms with E-state index in [2.05, 4.69) is 20.3 Å². The van der Waals surface area contributed by atoms with Crippen LogP contribution in [0.1, 0.15) is 6.42 Å². The summed E-state index contributed by atoms with van der Waals surface area (Å²) in [4.78, 5) is 16.5. The summed E-state index contributed by atoms with van der Waals surface area (Å²) in [5.41, 5.74) is 1.77. The lowest BCUT2D eigenvalue weighted by atomic mass is 10.2. The van der Waals surface area contributed by atoms with Crippen molar-refractivity contribution in [2.24, 2.45) is 0 Å². The average Bonchev–Trinajstić information content (AvgIpc) is 2.82. The molecule has 9 nitrogen and oxygen atoms in total. The lowest BCUT2D eigenvalue weighted by molar-refractivity contribution is -0.123. The van der Waals surface area contributed by atoms with Crippen molar-refractivity contribution in [3.8, 4) is 5.75 Å². The van der Waals surface area contributed by atoms with E-state index < -0.39 is 10.0 Å². The first kappa shape index (κ1) is 25.7. The number of aromatic nitrogens is 1. The Morgan fingerprint density at radius 3 is 2.62 bits per heavy atom. The van der Waals surface area contributed by atoms with Crippen molar-refractivity contribution in [2.45, 2.75) is 11.3 Å². The molecule has 3 aromatic rings. The molecule has 3 rings (SSSR count). The molecule has 0 bridgehead atoms. The number of carbonyl (C=O) groups excluding carboxylic acids is 1. The standard InChI is InChI=1S/C23H27ClN4O5S/c1-32-14-13-28-34(30,31)19-6-4-18(5-7-19)33-16-23(29)27-11-2-10-25-21-9-12-26-22-15-17(24)3-8-20(21)22/h3-9,12,15,28H,2,10-11,13-14,16H2,1H3,(H,25,26)(H,27,29). The first-order valence-electron chi connectivity index (χ1n) is 10.7. The number of halogens is 1. The van der Waals surface area contributed by atoms with Crippen molar-refractivity contribution in [3.63, 3.8) is 0 Å². The van der Waals surface area contributed by atoms with Gasteiger partial charge in [-0.1, -0.05) is 11.6 Å². The summed E-state index contributed by atoms with van der Waals surface area (Å²) in [7, 11) is -2.12. The van der Waals surface area contributed by atoms with E-state index >= 15 is 0 Å². The third kappa shape index (κ3) is 7.56. The molecular weight excluding hydrogens is 480 g/mol. The van der Waals surface area contributed by atoms with Crippen LogP contribution in [0.25, 0.3) is 10.9 Å². The molecule has 1 heterocycles. The van der Waals surface area contributed by atoms with Crippen molar-refractivity contribution in [3.05, 3.63) is 59.8 Å². The van der Waals surface area contributed by atoms with Crippen molar-refractivity contribution in [1.82, 2.24) is 15.0 Å². The van der Waals surface area contributed by atoms with E-state index in [0.717, 1.165) is 16.6 Å². The van der Waals surface area contributed by atoms with Gasteiger partial charge in [-0.25, -0.2) is 13.1 Å². The normalized spacial score (nSPS) is 11.4. The highest BCUT2D eigenvalue weighted by Crippen LogP contribution is 2.24. The summed E-state index contributed by atoms with van der Waals surface area (Å²) in [6, 6.07) is 13.3. The van der Waals surface area contributed by atoms with E-state index in [0.29, 0.717) is 30.3 Å². The number of hydrogen-bond donors (Lipinski definition) is 3. The van der Waals surface area contributed by atoms with Crippen molar-refractivity contribution in [1.29, 1.82) is 0 Å². The van der Waals surface area contributed by atoms with Gasteiger partial charge < -0.3 is 20.1 Å². The number of nitrogens with one attached hydrogen (secondary N) is 3. The van der Waals surface area contributed by atoms with Crippen LogP contribution >= 0.6 is 11.6 Å². The highest BCUT2D eigenvalue weighted by atomic mass is 35.5. The number of fused-ring (bicyclic) bond motifs is 1. The summed E-state index contributed by atoms with van der Waals surface area (Å²) in [5.74, 6) is 0.138. The molecule has 0 radical (unpaired) electrons. The third-order valence-electron chi connectivity index (χ3n) is 4.80. The largest absolute Gasteiger partial charge is 0.484 e. The first-order chi connectivity index (χ1) is 16.4. The number of carbonyl (C=O) groups is 1. The fourth-order valence-electron chi connectivity index (χ4n) is 3.09. The topological polar surface area (TPSA) is 119 Å². The maximum Gasteiger partial charge on any atom is 0.257 e. The Balaban J connectivity index is 1.37. The van der Waals surface area contributed by atoms with E-state index in [1.165, 1.54) is 31.4 Å². The van der Waals surface area contributed by atoms with Gasteiger partial charge in [-0.15, -0.1) is 0 Å². The second kappa shape index (κ2) is 12.5. The second-order valence-electron chi connectivity index (χ2n) is 7.30. The number of ether oxygens (including phenoxy) is 2. The molecule has 2 aromatic carbocycles. The molecule has 1 aromatic heterocycles. The van der Waals surface area contributed by atoms with Crippen LogP contribution in [-0.2, 0) is 19.6 Å². The van der Waals surface area contributed by atoms with Gasteiger partial charge in [-0.3, -0.25) is 9.78 Å². The molecule has 0 saturated heterocycles. The maximum absolute atomic E-state index is 12.1. The molecule has 0 unspecified atom stereocenters. The molecule has 1 amide bonds. The smallest absolute Gasteiger partial charge is 0.257 e. The number of nitrogens with zero attached hydrogens (tertiary/aromatic N) is 1. The van der Waals surface area contributed by atoms with E-state index in [1.54, 1.807) is 6.20 Å². The van der Waals surface area contributed by atoms with Crippen LogP contribution in [0.15, 0.2) is 59.6 Å². The van der Waals surface area contributed by atoms with E-state index in [1.807, 2.05) is 24.3 Å². The summed E-state index contributed by atoms with van der Waals surface area (Å²) in [6.45, 7) is 1.44. The van der Waals surface area contributed by atoms with Crippen LogP contribution in [0, 0.1) is 0 Å². The number of amides is 1. The highest BCUT2D eigenvalue weighted by molar-refractivity contribution is 7.89. The number of anilines is 1. The van der Waals surface area contributed by atoms with Crippen LogP contribution in [0.2, 0.25) is 5.02 Å². The number of pyridine rings is 1. The van der Waals surface area contributed by atoms with Gasteiger partial charge in [0.05, 0.1) is 17.0 Å². The Labute approximate surface area is 203 Å². The van der Waals surface area contributed by atoms with E-state index in [4.69, 9.17) is 21.1 Å². The molecule has 0 saturated carbocycles. The highest BCUT2D eigenvalue weighted by Gasteiger charge is 2.13. The van der Waals surface area contributed by atoms with Gasteiger partial charge in [0.1, 0.15) is 5.75 Å². The number of benzene rings is 2. The van der Waals surface area contributed by atoms with Crippen LogP contribution in [0.4, 0.5) is 5.69 Å². The molecule has 34 heavy (non-hydrogen) atoms. The monoisotopic (exact) mass is 506 g/mol. The Morgan fingerprint density at radius 2 is 1.85 bits per heavy atom. The molecule has 0 aliphatic heterocycles. The lowest BCUT2D eigenvalue weighted by Gasteiger charge is -2.11. The molecule has 0 spiro atoms. The van der Waals surface area contributed by atoms with Gasteiger partial charge in [0.15, 0.2) is 6.61 Å². The maximum atomic E-state index is 12.1. The minimum atomic E-state index is -3.61. The van der Waals surface area contributed by atoms with Crippen molar-refractivity contribution >= 4 is 44.1 Å². The molecular formula is C23H27ClN4O5S. The van der Waals surface area contributed by atoms with Crippen LogP contribution in [0.3, 0.4) is 0 Å². The first-order valence-corrected chi connectivity index (χ1v) is 12.5. The quantitative estimate of drug-likeness (QED) is 0.305. The summed E-state index contributed by atoms with van der Waals surface area (Å²) < 4.78 is 37.0. The minimum Gasteiger partial charge on any atom is -0.484 e. The Morgan fingerprint density at radius 1 is 1.06 bits per heavy atom. The van der Waals surface area contributed by atoms with Crippen LogP contribution < -0.4 is 20.1 Å². The number of methoxy groups -OCH3 is 1. The second-order valence-corrected chi connectivity index (χ2v) is 9.50. The third-order valence-corrected chi connectivity index (χ3v) is 6.51. The predicted octanol–water partition coefficient (Wildman–Crippen LogP) is 2.81. The van der Waals surface area contributed by atoms with Gasteiger partial charge in [-0.2, -0.15) is 0 Å². The Hall–Kier alpha value is -2.92. The number of hydrogen-bond acceptors (Lipinski definition) is 7. The lowest BCUT2D eigenvalue weighted by Crippen LogP contribution is -2.30. The fraction of sp³-hybridized carbons (Fsp3) is 0.304. The summed E-state index contributed by atoms with van der Waals surface area (Å²) in [6.07, 6.45) is 2.44. The van der Waals surface area contributed by atoms with Crippen LogP contribution in [-0.4, -0.2) is 59.3 Å². The summed E-state index contributed by atoms with van der Waals surface area (Å²) in [5, 5.41) is 7.76. The molecule has 3 N–H and O–H groups in total. The fourth-order valence-corrected chi connectivity index (χ4v) is 4.27. The van der Waals surface area contributed by atoms with Gasteiger partial charge >= 0.3 is 0 Å². The van der Waals surface area contributed by atoms with Gasteiger partial charge in [-0.05, 0) is 55.0 Å². The zero-order valence-corrected chi connectivity index (χ0v) is 20.3. The summed E-state index contributed by atoms with van der Waals surface area (Å²) >= 11 is 6.02. The average molecular weight is 507 g/mol. The van der Waals surface area contributed by atoms with E-state index in [-0.39, 0.29) is 30.6 Å². The molecule has 0 aliphatic rings. The van der Waals surface area contributed by atoms with Crippen LogP contribution in [0.5, 0.6) is 5.75 Å². The Kier molecular flexibility index (Phi) is 9.46. The Bertz CT molecular complexity index is 1210. The SMILES string of the molecule is COCCNS(=O)(=O)c1ccc(OCC(=O)NCCCNc2ccnc3cc(Cl)ccc23)cc1. The molecule has 11 heteroatoms. The predicted molar refractivity (Wildman–Crippen MR) is 132 cm³/mol. The van der Waals surface area contributed by atoms with Gasteiger partial charge in [0.2, 0.25) is 10.0 Å². The molecule has 182 valence electrons. The minimum absolute atomic E-state index is 0.109. The van der Waals surface area contributed by atoms with Crippen molar-refractivity contribution < 1.29 is 22.7 Å². The number of sulfonamides is 1. The zero-order chi connectivity index (χ0) is 24.4. The van der Waals surface area contributed by atoms with Gasteiger partial charge in [0, 0.05) is 49.0 Å². The number of rotatable bonds is 13. The zero-order valence-electron chi connectivity index (χ0n) is 18.7. The van der Waals surface area contributed by atoms with E-state index in [9.17, 15) is 13.2 Å². The molecule has 0 atom stereocenters. The molecule has 0 aliphatic carbocycles. The molecule has 0 fully saturated rings. The van der Waals surface area contributed by atoms with Crippen molar-refractivity contribution in [2.75, 3.05) is 45.3 Å².